The summed E-state index contributed by atoms with van der Waals surface area (Å²) in [6, 6.07) is 12.2. The Labute approximate surface area is 326 Å². The van der Waals surface area contributed by atoms with Crippen LogP contribution in [-0.2, 0) is 33.9 Å². The van der Waals surface area contributed by atoms with Gasteiger partial charge in [0.15, 0.2) is 22.3 Å². The Balaban J connectivity index is 0.000000219. The number of aryl methyl sites for hydroxylation is 1. The smallest absolute Gasteiger partial charge is 0.314 e. The number of nitrogens with zero attached hydrogens (tertiary/aromatic N) is 10. The van der Waals surface area contributed by atoms with Crippen LogP contribution in [0.4, 0.5) is 20.2 Å². The first kappa shape index (κ1) is 38.0. The van der Waals surface area contributed by atoms with Gasteiger partial charge in [0.2, 0.25) is 11.8 Å². The number of non-ortho nitro benzene ring substituents is 2. The number of fused-ring (bicyclic) bond motifs is 2. The van der Waals surface area contributed by atoms with E-state index in [1.165, 1.54) is 36.9 Å². The van der Waals surface area contributed by atoms with E-state index in [-0.39, 0.29) is 60.2 Å². The number of halogens is 2. The largest absolute Gasteiger partial charge is 0.476 e. The van der Waals surface area contributed by atoms with Crippen molar-refractivity contribution in [3.63, 3.8) is 0 Å². The average molecular weight is 814 g/mol. The van der Waals surface area contributed by atoms with Gasteiger partial charge in [-0.25, -0.2) is 9.97 Å². The van der Waals surface area contributed by atoms with Crippen molar-refractivity contribution in [2.24, 2.45) is 7.05 Å². The third-order valence-electron chi connectivity index (χ3n) is 8.51. The molecule has 19 nitrogen and oxygen atoms in total. The summed E-state index contributed by atoms with van der Waals surface area (Å²) in [5.41, 5.74) is 2.88. The lowest BCUT2D eigenvalue weighted by atomic mass is 10.1. The van der Waals surface area contributed by atoms with Crippen molar-refractivity contribution in [3.8, 4) is 11.8 Å². The molecule has 0 radical (unpaired) electrons. The van der Waals surface area contributed by atoms with Crippen molar-refractivity contribution in [1.29, 1.82) is 0 Å². The van der Waals surface area contributed by atoms with Gasteiger partial charge >= 0.3 is 12.2 Å². The lowest BCUT2D eigenvalue weighted by Gasteiger charge is -2.19. The number of aromatic nitrogens is 8. The third kappa shape index (κ3) is 10.1. The van der Waals surface area contributed by atoms with E-state index in [1.54, 1.807) is 40.4 Å². The molecule has 0 spiro atoms. The minimum absolute atomic E-state index is 0.00551. The molecule has 0 bridgehead atoms. The van der Waals surface area contributed by atoms with E-state index >= 15 is 0 Å². The molecule has 2 aromatic carbocycles. The van der Waals surface area contributed by atoms with Crippen molar-refractivity contribution >= 4 is 41.9 Å². The summed E-state index contributed by atoms with van der Waals surface area (Å²) >= 11 is 0. The summed E-state index contributed by atoms with van der Waals surface area (Å²) in [4.78, 5) is 43.8. The van der Waals surface area contributed by atoms with Crippen LogP contribution in [0.25, 0.3) is 22.3 Å². The maximum Gasteiger partial charge on any atom is 0.314 e. The molecule has 0 N–H and O–H groups in total. The molecular formula is C35H37F2N10O9P. The van der Waals surface area contributed by atoms with Crippen LogP contribution in [0.2, 0.25) is 0 Å². The fourth-order valence-electron chi connectivity index (χ4n) is 5.83. The van der Waals surface area contributed by atoms with Gasteiger partial charge in [-0.3, -0.25) is 24.8 Å². The third-order valence-corrected chi connectivity index (χ3v) is 9.21. The molecule has 5 heterocycles. The molecule has 7 rings (SSSR count). The summed E-state index contributed by atoms with van der Waals surface area (Å²) < 4.78 is 73.8. The summed E-state index contributed by atoms with van der Waals surface area (Å²) in [5, 5.41) is 21.4. The fraction of sp³-hybridized carbons (Fsp3) is 0.371. The molecule has 300 valence electrons. The van der Waals surface area contributed by atoms with Crippen LogP contribution in [0, 0.1) is 32.4 Å². The normalized spacial score (nSPS) is 17.5. The number of ether oxygens (including phenoxy) is 4. The van der Waals surface area contributed by atoms with Gasteiger partial charge in [0.05, 0.1) is 51.2 Å². The maximum atomic E-state index is 14.3. The molecule has 1 aliphatic heterocycles. The minimum atomic E-state index is -1.44. The number of nitro groups is 2. The Bertz CT molecular complexity index is 2390. The molecule has 1 aliphatic rings. The van der Waals surface area contributed by atoms with Crippen molar-refractivity contribution in [3.05, 3.63) is 105 Å². The minimum Gasteiger partial charge on any atom is -0.476 e. The van der Waals surface area contributed by atoms with E-state index in [0.717, 1.165) is 11.1 Å². The number of nitro benzene ring substituents is 2. The molecular weight excluding hydrogens is 773 g/mol. The Hall–Kier alpha value is -5.89. The second-order valence-corrected chi connectivity index (χ2v) is 14.5. The highest BCUT2D eigenvalue weighted by Gasteiger charge is 2.38. The van der Waals surface area contributed by atoms with Crippen molar-refractivity contribution < 1.29 is 44.8 Å². The molecule has 1 fully saturated rings. The van der Waals surface area contributed by atoms with Gasteiger partial charge in [-0.05, 0) is 24.5 Å². The van der Waals surface area contributed by atoms with Crippen LogP contribution >= 0.6 is 8.15 Å². The van der Waals surface area contributed by atoms with Gasteiger partial charge in [-0.15, -0.1) is 0 Å². The zero-order valence-corrected chi connectivity index (χ0v) is 31.6. The van der Waals surface area contributed by atoms with E-state index in [4.69, 9.17) is 26.2 Å². The van der Waals surface area contributed by atoms with Crippen LogP contribution < -0.4 is 9.47 Å². The van der Waals surface area contributed by atoms with Gasteiger partial charge in [0.1, 0.15) is 12.3 Å². The van der Waals surface area contributed by atoms with E-state index in [2.05, 4.69) is 29.9 Å². The average Bonchev–Trinajstić information content (AvgIpc) is 3.91. The second-order valence-electron chi connectivity index (χ2n) is 12.6. The number of hydrogen-bond acceptors (Lipinski definition) is 15. The number of methoxy groups -OCH3 is 1. The van der Waals surface area contributed by atoms with Gasteiger partial charge < -0.3 is 28.0 Å². The van der Waals surface area contributed by atoms with Gasteiger partial charge in [-0.1, -0.05) is 24.3 Å². The first-order valence-corrected chi connectivity index (χ1v) is 19.3. The lowest BCUT2D eigenvalue weighted by molar-refractivity contribution is -0.385. The van der Waals surface area contributed by atoms with Crippen LogP contribution in [0.1, 0.15) is 26.5 Å². The van der Waals surface area contributed by atoms with Crippen LogP contribution in [-0.4, -0.2) is 101 Å². The SMILES string of the molecule is Cn1cnc2c(OCCc3ccc([N+](=O)[O-])cc3)nc(F)nc21.[2H]C([3H])OC[C@H]1O[C@@H](n2cnc3c(OCCc4ccc([N+](=O)[O-])cc4)nc(F)nc32)CC1OP(C)C. The van der Waals surface area contributed by atoms with Gasteiger partial charge in [0.25, 0.3) is 11.4 Å². The van der Waals surface area contributed by atoms with Crippen LogP contribution in [0.15, 0.2) is 61.2 Å². The summed E-state index contributed by atoms with van der Waals surface area (Å²) in [6.07, 6.45) is 0.997. The molecule has 0 saturated carbocycles. The Morgan fingerprint density at radius 3 is 1.93 bits per heavy atom. The molecule has 22 heteroatoms. The van der Waals surface area contributed by atoms with Crippen molar-refractivity contribution in [1.82, 2.24) is 39.0 Å². The van der Waals surface area contributed by atoms with Gasteiger partial charge in [0, 0.05) is 65.8 Å². The number of hydrogen-bond donors (Lipinski definition) is 0. The first-order chi connectivity index (χ1) is 28.2. The molecule has 6 aromatic rings. The van der Waals surface area contributed by atoms with E-state index in [1.807, 2.05) is 13.3 Å². The van der Waals surface area contributed by atoms with E-state index in [0.29, 0.717) is 30.4 Å². The quantitative estimate of drug-likeness (QED) is 0.0541. The molecule has 57 heavy (non-hydrogen) atoms. The van der Waals surface area contributed by atoms with Crippen molar-refractivity contribution in [2.75, 3.05) is 40.2 Å². The molecule has 4 atom stereocenters. The number of rotatable bonds is 15. The predicted molar refractivity (Wildman–Crippen MR) is 200 cm³/mol. The lowest BCUT2D eigenvalue weighted by Crippen LogP contribution is -2.27. The maximum absolute atomic E-state index is 14.3. The number of benzene rings is 2. The zero-order chi connectivity index (χ0) is 42.2. The summed E-state index contributed by atoms with van der Waals surface area (Å²) in [5.74, 6) is 0.0516. The van der Waals surface area contributed by atoms with E-state index in [9.17, 15) is 29.0 Å². The standard InChI is InChI=1S/C21H25FN5O6P.C14H12FN5O3/c1-30-11-16-15(33-34(2)3)10-17(32-16)26-12-23-18-19(26)24-21(22)25-20(18)31-9-8-13-4-6-14(7-5-13)27(28)29;1-19-8-16-11-12(19)17-14(15)18-13(11)23-7-6-9-2-4-10(5-3-9)20(21)22/h4-7,12,15-17H,8-11H2,1-3H3;2-5,8H,6-7H2,1H3/t15?,16-,17-;/m1./s1/i1TD;/t1?,15?,16-,17-;. The molecule has 4 aromatic heterocycles. The second kappa shape index (κ2) is 18.4. The summed E-state index contributed by atoms with van der Waals surface area (Å²) in [7, 11) is -0.458. The highest BCUT2D eigenvalue weighted by atomic mass is 31.1. The topological polar surface area (TPSA) is 220 Å². The fourth-order valence-corrected chi connectivity index (χ4v) is 6.59. The highest BCUT2D eigenvalue weighted by Crippen LogP contribution is 2.40. The van der Waals surface area contributed by atoms with Crippen LogP contribution in [0.5, 0.6) is 11.8 Å². The Morgan fingerprint density at radius 1 is 0.877 bits per heavy atom. The molecule has 0 aliphatic carbocycles. The Kier molecular flexibility index (Phi) is 12.2. The molecule has 0 amide bonds. The highest BCUT2D eigenvalue weighted by molar-refractivity contribution is 7.50. The first-order valence-electron chi connectivity index (χ1n) is 18.3. The summed E-state index contributed by atoms with van der Waals surface area (Å²) in [6.45, 7) is 4.29. The van der Waals surface area contributed by atoms with Gasteiger partial charge in [-0.2, -0.15) is 28.7 Å². The number of imidazole rings is 2. The molecule has 2 unspecified atom stereocenters. The zero-order valence-electron chi connectivity index (χ0n) is 32.7. The monoisotopic (exact) mass is 813 g/mol. The Morgan fingerprint density at radius 2 is 1.40 bits per heavy atom. The van der Waals surface area contributed by atoms with Crippen LogP contribution in [0.3, 0.4) is 0 Å². The van der Waals surface area contributed by atoms with Crippen molar-refractivity contribution in [2.45, 2.75) is 37.7 Å². The molecule has 1 saturated heterocycles. The van der Waals surface area contributed by atoms with E-state index < -0.39 is 49.5 Å². The predicted octanol–water partition coefficient (Wildman–Crippen LogP) is 5.50.